The number of hydrogen-bond acceptors (Lipinski definition) is 6. The van der Waals surface area contributed by atoms with Crippen molar-refractivity contribution in [1.29, 1.82) is 0 Å². The standard InChI is InChI=1S/C20H25N5O2/c1-26-11-9-23-20(18-6-7-21-14-24-18)25-10-12-27-19(13-25)16-3-2-4-17-15(16)5-8-22-17/h2-8,14,19-20,22-23H,9-13H2,1H3. The highest BCUT2D eigenvalue weighted by Crippen LogP contribution is 2.31. The van der Waals surface area contributed by atoms with Crippen molar-refractivity contribution < 1.29 is 9.47 Å². The van der Waals surface area contributed by atoms with E-state index in [1.54, 1.807) is 19.6 Å². The van der Waals surface area contributed by atoms with E-state index >= 15 is 0 Å². The van der Waals surface area contributed by atoms with Crippen molar-refractivity contribution in [3.05, 3.63) is 60.3 Å². The van der Waals surface area contributed by atoms with Gasteiger partial charge in [-0.25, -0.2) is 9.97 Å². The van der Waals surface area contributed by atoms with E-state index in [1.807, 2.05) is 12.3 Å². The Bertz CT molecular complexity index is 854. The molecule has 0 spiro atoms. The Morgan fingerprint density at radius 1 is 1.37 bits per heavy atom. The molecule has 2 unspecified atom stereocenters. The lowest BCUT2D eigenvalue weighted by atomic mass is 10.0. The van der Waals surface area contributed by atoms with Gasteiger partial charge in [-0.05, 0) is 23.8 Å². The molecule has 1 aliphatic rings. The number of rotatable bonds is 7. The maximum atomic E-state index is 6.14. The Morgan fingerprint density at radius 3 is 3.19 bits per heavy atom. The van der Waals surface area contributed by atoms with Gasteiger partial charge in [-0.1, -0.05) is 12.1 Å². The number of fused-ring (bicyclic) bond motifs is 1. The molecular weight excluding hydrogens is 342 g/mol. The Morgan fingerprint density at radius 2 is 2.33 bits per heavy atom. The molecule has 1 saturated heterocycles. The number of methoxy groups -OCH3 is 1. The molecule has 0 saturated carbocycles. The van der Waals surface area contributed by atoms with Crippen LogP contribution >= 0.6 is 0 Å². The lowest BCUT2D eigenvalue weighted by molar-refractivity contribution is -0.0514. The Hall–Kier alpha value is -2.32. The highest BCUT2D eigenvalue weighted by molar-refractivity contribution is 5.83. The summed E-state index contributed by atoms with van der Waals surface area (Å²) in [5.41, 5.74) is 3.32. The fourth-order valence-electron chi connectivity index (χ4n) is 3.66. The van der Waals surface area contributed by atoms with Crippen LogP contribution in [0, 0.1) is 0 Å². The number of hydrogen-bond donors (Lipinski definition) is 2. The lowest BCUT2D eigenvalue weighted by Gasteiger charge is -2.38. The first-order chi connectivity index (χ1) is 13.4. The average molecular weight is 367 g/mol. The minimum atomic E-state index is -0.0000205. The predicted octanol–water partition coefficient (Wildman–Crippen LogP) is 2.27. The first-order valence-electron chi connectivity index (χ1n) is 9.26. The number of aromatic nitrogens is 3. The summed E-state index contributed by atoms with van der Waals surface area (Å²) in [7, 11) is 1.71. The van der Waals surface area contributed by atoms with E-state index in [1.165, 1.54) is 10.9 Å². The summed E-state index contributed by atoms with van der Waals surface area (Å²) in [6, 6.07) is 10.4. The van der Waals surface area contributed by atoms with E-state index < -0.39 is 0 Å². The van der Waals surface area contributed by atoms with Gasteiger partial charge in [0.1, 0.15) is 12.5 Å². The molecular formula is C20H25N5O2. The van der Waals surface area contributed by atoms with Crippen molar-refractivity contribution in [2.75, 3.05) is 40.0 Å². The monoisotopic (exact) mass is 367 g/mol. The van der Waals surface area contributed by atoms with Gasteiger partial charge in [0.15, 0.2) is 0 Å². The van der Waals surface area contributed by atoms with E-state index in [2.05, 4.69) is 49.4 Å². The predicted molar refractivity (Wildman–Crippen MR) is 103 cm³/mol. The molecule has 2 atom stereocenters. The van der Waals surface area contributed by atoms with Crippen molar-refractivity contribution >= 4 is 10.9 Å². The molecule has 0 radical (unpaired) electrons. The number of benzene rings is 1. The molecule has 0 aliphatic carbocycles. The summed E-state index contributed by atoms with van der Waals surface area (Å²) in [5.74, 6) is 0. The van der Waals surface area contributed by atoms with Crippen LogP contribution < -0.4 is 5.32 Å². The van der Waals surface area contributed by atoms with Crippen molar-refractivity contribution in [2.45, 2.75) is 12.3 Å². The van der Waals surface area contributed by atoms with Gasteiger partial charge in [0.05, 0.1) is 25.0 Å². The Balaban J connectivity index is 1.57. The minimum absolute atomic E-state index is 0.0000205. The van der Waals surface area contributed by atoms with E-state index in [0.29, 0.717) is 13.2 Å². The zero-order valence-corrected chi connectivity index (χ0v) is 15.5. The number of aromatic amines is 1. The number of morpholine rings is 1. The first kappa shape index (κ1) is 18.1. The van der Waals surface area contributed by atoms with Crippen molar-refractivity contribution in [2.24, 2.45) is 0 Å². The summed E-state index contributed by atoms with van der Waals surface area (Å²) in [5, 5.41) is 4.78. The second-order valence-electron chi connectivity index (χ2n) is 6.62. The molecule has 1 fully saturated rings. The van der Waals surface area contributed by atoms with Gasteiger partial charge in [-0.15, -0.1) is 0 Å². The van der Waals surface area contributed by atoms with E-state index in [-0.39, 0.29) is 12.3 Å². The highest BCUT2D eigenvalue weighted by Gasteiger charge is 2.29. The van der Waals surface area contributed by atoms with Gasteiger partial charge in [-0.3, -0.25) is 10.2 Å². The molecule has 2 N–H and O–H groups in total. The van der Waals surface area contributed by atoms with Crippen LogP contribution in [0.15, 0.2) is 49.1 Å². The summed E-state index contributed by atoms with van der Waals surface area (Å²) < 4.78 is 11.3. The summed E-state index contributed by atoms with van der Waals surface area (Å²) in [6.07, 6.45) is 5.38. The van der Waals surface area contributed by atoms with E-state index in [0.717, 1.165) is 30.8 Å². The molecule has 2 aromatic heterocycles. The average Bonchev–Trinajstić information content (AvgIpc) is 3.21. The normalized spacial score (nSPS) is 19.4. The quantitative estimate of drug-likeness (QED) is 0.624. The van der Waals surface area contributed by atoms with Crippen LogP contribution in [0.1, 0.15) is 23.5 Å². The molecule has 0 amide bonds. The zero-order valence-electron chi connectivity index (χ0n) is 15.5. The molecule has 142 valence electrons. The second-order valence-corrected chi connectivity index (χ2v) is 6.62. The maximum Gasteiger partial charge on any atom is 0.115 e. The fraction of sp³-hybridized carbons (Fsp3) is 0.400. The molecule has 1 aliphatic heterocycles. The molecule has 0 bridgehead atoms. The zero-order chi connectivity index (χ0) is 18.5. The lowest BCUT2D eigenvalue weighted by Crippen LogP contribution is -2.46. The van der Waals surface area contributed by atoms with Crippen molar-refractivity contribution in [3.8, 4) is 0 Å². The maximum absolute atomic E-state index is 6.14. The summed E-state index contributed by atoms with van der Waals surface area (Å²) in [4.78, 5) is 14.2. The van der Waals surface area contributed by atoms with Crippen LogP contribution in [0.3, 0.4) is 0 Å². The van der Waals surface area contributed by atoms with Crippen LogP contribution in [-0.2, 0) is 9.47 Å². The number of nitrogens with one attached hydrogen (secondary N) is 2. The van der Waals surface area contributed by atoms with Gasteiger partial charge in [-0.2, -0.15) is 0 Å². The Labute approximate surface area is 158 Å². The van der Waals surface area contributed by atoms with Gasteiger partial charge in [0, 0.05) is 50.0 Å². The first-order valence-corrected chi connectivity index (χ1v) is 9.26. The van der Waals surface area contributed by atoms with Gasteiger partial charge >= 0.3 is 0 Å². The van der Waals surface area contributed by atoms with Crippen LogP contribution in [0.2, 0.25) is 0 Å². The largest absolute Gasteiger partial charge is 0.383 e. The van der Waals surface area contributed by atoms with Crippen LogP contribution in [0.4, 0.5) is 0 Å². The smallest absolute Gasteiger partial charge is 0.115 e. The third-order valence-electron chi connectivity index (χ3n) is 4.97. The molecule has 7 nitrogen and oxygen atoms in total. The molecule has 7 heteroatoms. The fourth-order valence-corrected chi connectivity index (χ4v) is 3.66. The van der Waals surface area contributed by atoms with Crippen LogP contribution in [-0.4, -0.2) is 59.8 Å². The van der Waals surface area contributed by atoms with Gasteiger partial charge in [0.25, 0.3) is 0 Å². The topological polar surface area (TPSA) is 75.3 Å². The second kappa shape index (κ2) is 8.58. The number of H-pyrrole nitrogens is 1. The molecule has 3 aromatic rings. The van der Waals surface area contributed by atoms with Gasteiger partial charge in [0.2, 0.25) is 0 Å². The molecule has 27 heavy (non-hydrogen) atoms. The molecule has 3 heterocycles. The van der Waals surface area contributed by atoms with Crippen LogP contribution in [0.25, 0.3) is 10.9 Å². The van der Waals surface area contributed by atoms with Crippen LogP contribution in [0.5, 0.6) is 0 Å². The summed E-state index contributed by atoms with van der Waals surface area (Å²) >= 11 is 0. The van der Waals surface area contributed by atoms with E-state index in [9.17, 15) is 0 Å². The van der Waals surface area contributed by atoms with Gasteiger partial charge < -0.3 is 14.5 Å². The van der Waals surface area contributed by atoms with Crippen molar-refractivity contribution in [3.63, 3.8) is 0 Å². The summed E-state index contributed by atoms with van der Waals surface area (Å²) in [6.45, 7) is 3.71. The highest BCUT2D eigenvalue weighted by atomic mass is 16.5. The van der Waals surface area contributed by atoms with E-state index in [4.69, 9.17) is 9.47 Å². The number of ether oxygens (including phenoxy) is 2. The SMILES string of the molecule is COCCNC(c1ccncn1)N1CCOC(c2cccc3[nH]ccc23)C1. The van der Waals surface area contributed by atoms with Crippen molar-refractivity contribution in [1.82, 2.24) is 25.2 Å². The molecule has 1 aromatic carbocycles. The third kappa shape index (κ3) is 4.01. The molecule has 4 rings (SSSR count). The third-order valence-corrected chi connectivity index (χ3v) is 4.97. The minimum Gasteiger partial charge on any atom is -0.383 e. The number of nitrogens with zero attached hydrogens (tertiary/aromatic N) is 3. The Kier molecular flexibility index (Phi) is 5.74.